The summed E-state index contributed by atoms with van der Waals surface area (Å²) in [5, 5.41) is 17.3. The molecule has 0 aliphatic heterocycles. The Hall–Kier alpha value is -0.410. The van der Waals surface area contributed by atoms with Gasteiger partial charge in [0.05, 0.1) is 6.61 Å². The van der Waals surface area contributed by atoms with Crippen LogP contribution in [0.4, 0.5) is 0 Å². The van der Waals surface area contributed by atoms with Gasteiger partial charge in [0.1, 0.15) is 6.10 Å². The van der Waals surface area contributed by atoms with Crippen molar-refractivity contribution >= 4 is 5.78 Å². The molecule has 0 aliphatic rings. The zero-order valence-corrected chi connectivity index (χ0v) is 6.59. The maximum absolute atomic E-state index is 11.0. The maximum Gasteiger partial charge on any atom is 0.168 e. The molecule has 0 radical (unpaired) electrons. The first kappa shape index (κ1) is 13.2. The fourth-order valence-corrected chi connectivity index (χ4v) is 0.583. The zero-order chi connectivity index (χ0) is 8.36. The van der Waals surface area contributed by atoms with Gasteiger partial charge in [-0.1, -0.05) is 28.2 Å². The van der Waals surface area contributed by atoms with Crippen LogP contribution in [-0.4, -0.2) is 28.7 Å². The van der Waals surface area contributed by atoms with Crippen molar-refractivity contribution in [1.82, 2.24) is 0 Å². The van der Waals surface area contributed by atoms with Gasteiger partial charge in [0.25, 0.3) is 0 Å². The SMILES string of the molecule is C.CC(C)(C)C(=O)[C@H](O)CO. The fourth-order valence-electron chi connectivity index (χ4n) is 0.583. The lowest BCUT2D eigenvalue weighted by Gasteiger charge is -2.19. The second-order valence-electron chi connectivity index (χ2n) is 3.31. The average Bonchev–Trinajstić information content (AvgIpc) is 1.83. The van der Waals surface area contributed by atoms with Crippen molar-refractivity contribution < 1.29 is 15.0 Å². The molecule has 68 valence electrons. The molecule has 0 fully saturated rings. The number of carbonyl (C=O) groups is 1. The highest BCUT2D eigenvalue weighted by molar-refractivity contribution is 5.87. The topological polar surface area (TPSA) is 57.5 Å². The van der Waals surface area contributed by atoms with Crippen molar-refractivity contribution in [3.05, 3.63) is 0 Å². The van der Waals surface area contributed by atoms with Crippen molar-refractivity contribution in [3.8, 4) is 0 Å². The van der Waals surface area contributed by atoms with Crippen LogP contribution in [0.1, 0.15) is 28.2 Å². The lowest BCUT2D eigenvalue weighted by atomic mass is 9.88. The monoisotopic (exact) mass is 162 g/mol. The molecule has 0 spiro atoms. The lowest BCUT2D eigenvalue weighted by molar-refractivity contribution is -0.136. The summed E-state index contributed by atoms with van der Waals surface area (Å²) >= 11 is 0. The molecule has 0 saturated carbocycles. The van der Waals surface area contributed by atoms with Crippen LogP contribution in [0.15, 0.2) is 0 Å². The highest BCUT2D eigenvalue weighted by Gasteiger charge is 2.27. The molecule has 11 heavy (non-hydrogen) atoms. The standard InChI is InChI=1S/C7H14O3.CH4/c1-7(2,3)6(10)5(9)4-8;/h5,8-9H,4H2,1-3H3;1H4/t5-;/m1./s1. The van der Waals surface area contributed by atoms with Gasteiger partial charge in [-0.05, 0) is 0 Å². The first-order chi connectivity index (χ1) is 4.39. The third kappa shape index (κ3) is 4.11. The lowest BCUT2D eigenvalue weighted by Crippen LogP contribution is -2.34. The molecule has 0 saturated heterocycles. The van der Waals surface area contributed by atoms with Gasteiger partial charge >= 0.3 is 0 Å². The molecule has 0 unspecified atom stereocenters. The van der Waals surface area contributed by atoms with Gasteiger partial charge in [0.15, 0.2) is 5.78 Å². The number of ketones is 1. The molecule has 3 heteroatoms. The Balaban J connectivity index is 0. The van der Waals surface area contributed by atoms with Gasteiger partial charge < -0.3 is 10.2 Å². The van der Waals surface area contributed by atoms with Crippen LogP contribution in [0.2, 0.25) is 0 Å². The number of hydrogen-bond donors (Lipinski definition) is 2. The minimum atomic E-state index is -1.22. The molecule has 0 aromatic rings. The Morgan fingerprint density at radius 3 is 1.91 bits per heavy atom. The van der Waals surface area contributed by atoms with Crippen LogP contribution < -0.4 is 0 Å². The van der Waals surface area contributed by atoms with E-state index in [0.717, 1.165) is 0 Å². The summed E-state index contributed by atoms with van der Waals surface area (Å²) in [6.07, 6.45) is -1.22. The number of aliphatic hydroxyl groups excluding tert-OH is 2. The summed E-state index contributed by atoms with van der Waals surface area (Å²) in [6, 6.07) is 0. The Morgan fingerprint density at radius 1 is 1.45 bits per heavy atom. The van der Waals surface area contributed by atoms with Crippen LogP contribution in [0.3, 0.4) is 0 Å². The van der Waals surface area contributed by atoms with Crippen LogP contribution in [0.5, 0.6) is 0 Å². The van der Waals surface area contributed by atoms with Crippen LogP contribution in [0, 0.1) is 5.41 Å². The van der Waals surface area contributed by atoms with E-state index < -0.39 is 18.1 Å². The largest absolute Gasteiger partial charge is 0.393 e. The summed E-state index contributed by atoms with van der Waals surface area (Å²) in [7, 11) is 0. The molecule has 1 atom stereocenters. The van der Waals surface area contributed by atoms with Gasteiger partial charge in [-0.3, -0.25) is 4.79 Å². The highest BCUT2D eigenvalue weighted by Crippen LogP contribution is 2.16. The molecule has 0 bridgehead atoms. The van der Waals surface area contributed by atoms with E-state index in [1.807, 2.05) is 0 Å². The van der Waals surface area contributed by atoms with E-state index >= 15 is 0 Å². The number of Topliss-reactive ketones (excluding diaryl/α,β-unsaturated/α-hetero) is 1. The van der Waals surface area contributed by atoms with Crippen molar-refractivity contribution in [2.75, 3.05) is 6.61 Å². The summed E-state index contributed by atoms with van der Waals surface area (Å²) in [5.74, 6) is -0.324. The van der Waals surface area contributed by atoms with E-state index in [1.165, 1.54) is 0 Å². The van der Waals surface area contributed by atoms with Gasteiger partial charge in [0, 0.05) is 5.41 Å². The summed E-state index contributed by atoms with van der Waals surface area (Å²) in [4.78, 5) is 11.0. The summed E-state index contributed by atoms with van der Waals surface area (Å²) < 4.78 is 0. The molecule has 0 rings (SSSR count). The second kappa shape index (κ2) is 4.46. The number of carbonyl (C=O) groups excluding carboxylic acids is 1. The Bertz CT molecular complexity index is 124. The summed E-state index contributed by atoms with van der Waals surface area (Å²) in [5.41, 5.74) is -0.567. The predicted molar refractivity (Wildman–Crippen MR) is 44.3 cm³/mol. The molecule has 0 aromatic heterocycles. The second-order valence-corrected chi connectivity index (χ2v) is 3.31. The molecule has 3 nitrogen and oxygen atoms in total. The first-order valence-electron chi connectivity index (χ1n) is 3.23. The average molecular weight is 162 g/mol. The molecular weight excluding hydrogens is 144 g/mol. The van der Waals surface area contributed by atoms with Crippen molar-refractivity contribution in [1.29, 1.82) is 0 Å². The van der Waals surface area contributed by atoms with Crippen LogP contribution in [-0.2, 0) is 4.79 Å². The van der Waals surface area contributed by atoms with E-state index in [9.17, 15) is 4.79 Å². The Morgan fingerprint density at radius 2 is 1.82 bits per heavy atom. The van der Waals surface area contributed by atoms with Gasteiger partial charge in [-0.25, -0.2) is 0 Å². The van der Waals surface area contributed by atoms with Gasteiger partial charge in [-0.2, -0.15) is 0 Å². The van der Waals surface area contributed by atoms with E-state index in [2.05, 4.69) is 0 Å². The minimum Gasteiger partial charge on any atom is -0.393 e. The Labute approximate surface area is 68.0 Å². The molecular formula is C8H18O3. The quantitative estimate of drug-likeness (QED) is 0.625. The van der Waals surface area contributed by atoms with Crippen molar-refractivity contribution in [2.45, 2.75) is 34.3 Å². The van der Waals surface area contributed by atoms with E-state index in [-0.39, 0.29) is 13.2 Å². The Kier molecular flexibility index (Phi) is 5.36. The third-order valence-electron chi connectivity index (χ3n) is 1.21. The number of rotatable bonds is 2. The smallest absolute Gasteiger partial charge is 0.168 e. The highest BCUT2D eigenvalue weighted by atomic mass is 16.3. The van der Waals surface area contributed by atoms with E-state index in [1.54, 1.807) is 20.8 Å². The van der Waals surface area contributed by atoms with E-state index in [4.69, 9.17) is 10.2 Å². The van der Waals surface area contributed by atoms with Crippen molar-refractivity contribution in [2.24, 2.45) is 5.41 Å². The molecule has 2 N–H and O–H groups in total. The summed E-state index contributed by atoms with van der Waals surface area (Å²) in [6.45, 7) is 4.62. The predicted octanol–water partition coefficient (Wildman–Crippen LogP) is 0.591. The minimum absolute atomic E-state index is 0. The number of hydrogen-bond acceptors (Lipinski definition) is 3. The fraction of sp³-hybridized carbons (Fsp3) is 0.875. The first-order valence-corrected chi connectivity index (χ1v) is 3.23. The van der Waals surface area contributed by atoms with Crippen LogP contribution >= 0.6 is 0 Å². The van der Waals surface area contributed by atoms with Gasteiger partial charge in [0.2, 0.25) is 0 Å². The molecule has 0 aromatic carbocycles. The molecule has 0 heterocycles. The maximum atomic E-state index is 11.0. The number of aliphatic hydroxyl groups is 2. The van der Waals surface area contributed by atoms with Gasteiger partial charge in [-0.15, -0.1) is 0 Å². The third-order valence-corrected chi connectivity index (χ3v) is 1.21. The van der Waals surface area contributed by atoms with Crippen molar-refractivity contribution in [3.63, 3.8) is 0 Å². The molecule has 0 amide bonds. The van der Waals surface area contributed by atoms with Crippen LogP contribution in [0.25, 0.3) is 0 Å². The normalized spacial score (nSPS) is 13.5. The zero-order valence-electron chi connectivity index (χ0n) is 6.59. The van der Waals surface area contributed by atoms with E-state index in [0.29, 0.717) is 0 Å². The molecule has 0 aliphatic carbocycles.